The lowest BCUT2D eigenvalue weighted by Crippen LogP contribution is -2.51. The van der Waals surface area contributed by atoms with Crippen LogP contribution in [-0.2, 0) is 14.3 Å². The van der Waals surface area contributed by atoms with E-state index in [0.717, 1.165) is 32.2 Å². The molecule has 1 amide bonds. The summed E-state index contributed by atoms with van der Waals surface area (Å²) in [5.74, 6) is -0.170. The molecule has 0 unspecified atom stereocenters. The standard InChI is InChI=1S/C16H29N3O3/c1-22-16(21)7-4-8-17-15(20)13-18-9-11-19(12-10-18)14-5-2-3-6-14/h14H,2-13H2,1H3,(H,17,20). The molecule has 6 heteroatoms. The first-order valence-electron chi connectivity index (χ1n) is 8.49. The summed E-state index contributed by atoms with van der Waals surface area (Å²) in [4.78, 5) is 27.7. The van der Waals surface area contributed by atoms with Crippen LogP contribution in [0.2, 0.25) is 0 Å². The van der Waals surface area contributed by atoms with Gasteiger partial charge in [-0.3, -0.25) is 19.4 Å². The van der Waals surface area contributed by atoms with E-state index < -0.39 is 0 Å². The molecule has 0 aromatic carbocycles. The first-order chi connectivity index (χ1) is 10.7. The molecule has 22 heavy (non-hydrogen) atoms. The van der Waals surface area contributed by atoms with Gasteiger partial charge in [0.25, 0.3) is 0 Å². The average molecular weight is 311 g/mol. The fraction of sp³-hybridized carbons (Fsp3) is 0.875. The fourth-order valence-corrected chi connectivity index (χ4v) is 3.38. The highest BCUT2D eigenvalue weighted by molar-refractivity contribution is 5.78. The number of nitrogens with zero attached hydrogens (tertiary/aromatic N) is 2. The Hall–Kier alpha value is -1.14. The van der Waals surface area contributed by atoms with Crippen molar-refractivity contribution in [2.24, 2.45) is 0 Å². The van der Waals surface area contributed by atoms with Crippen molar-refractivity contribution in [1.29, 1.82) is 0 Å². The molecule has 1 N–H and O–H groups in total. The number of hydrogen-bond donors (Lipinski definition) is 1. The molecular weight excluding hydrogens is 282 g/mol. The minimum Gasteiger partial charge on any atom is -0.469 e. The van der Waals surface area contributed by atoms with Crippen molar-refractivity contribution in [2.45, 2.75) is 44.6 Å². The van der Waals surface area contributed by atoms with Gasteiger partial charge in [0.05, 0.1) is 13.7 Å². The van der Waals surface area contributed by atoms with E-state index in [9.17, 15) is 9.59 Å². The van der Waals surface area contributed by atoms with Crippen molar-refractivity contribution in [1.82, 2.24) is 15.1 Å². The lowest BCUT2D eigenvalue weighted by molar-refractivity contribution is -0.140. The lowest BCUT2D eigenvalue weighted by atomic mass is 10.2. The molecule has 1 saturated carbocycles. The van der Waals surface area contributed by atoms with Crippen LogP contribution in [0.15, 0.2) is 0 Å². The van der Waals surface area contributed by atoms with Gasteiger partial charge in [-0.15, -0.1) is 0 Å². The summed E-state index contributed by atoms with van der Waals surface area (Å²) in [6.07, 6.45) is 6.43. The zero-order valence-electron chi connectivity index (χ0n) is 13.7. The second-order valence-electron chi connectivity index (χ2n) is 6.28. The molecule has 0 aromatic heterocycles. The molecule has 2 fully saturated rings. The van der Waals surface area contributed by atoms with Crippen molar-refractivity contribution in [3.8, 4) is 0 Å². The fourth-order valence-electron chi connectivity index (χ4n) is 3.38. The maximum atomic E-state index is 11.9. The number of piperazine rings is 1. The van der Waals surface area contributed by atoms with Gasteiger partial charge in [0, 0.05) is 45.2 Å². The van der Waals surface area contributed by atoms with Crippen LogP contribution < -0.4 is 5.32 Å². The zero-order chi connectivity index (χ0) is 15.8. The van der Waals surface area contributed by atoms with Crippen LogP contribution in [-0.4, -0.2) is 74.1 Å². The summed E-state index contributed by atoms with van der Waals surface area (Å²) in [5, 5.41) is 2.87. The number of esters is 1. The number of nitrogens with one attached hydrogen (secondary N) is 1. The third-order valence-electron chi connectivity index (χ3n) is 4.72. The number of carbonyl (C=O) groups is 2. The lowest BCUT2D eigenvalue weighted by Gasteiger charge is -2.37. The van der Waals surface area contributed by atoms with Gasteiger partial charge < -0.3 is 10.1 Å². The molecule has 126 valence electrons. The van der Waals surface area contributed by atoms with E-state index in [1.165, 1.54) is 32.8 Å². The van der Waals surface area contributed by atoms with Gasteiger partial charge in [0.2, 0.25) is 5.91 Å². The molecule has 1 aliphatic heterocycles. The Morgan fingerprint density at radius 2 is 1.82 bits per heavy atom. The number of ether oxygens (including phenoxy) is 1. The maximum Gasteiger partial charge on any atom is 0.305 e. The Morgan fingerprint density at radius 1 is 1.14 bits per heavy atom. The van der Waals surface area contributed by atoms with E-state index in [4.69, 9.17) is 0 Å². The molecule has 0 aromatic rings. The first kappa shape index (κ1) is 17.2. The SMILES string of the molecule is COC(=O)CCCNC(=O)CN1CCN(C2CCCC2)CC1. The van der Waals surface area contributed by atoms with Gasteiger partial charge in [0.15, 0.2) is 0 Å². The Balaban J connectivity index is 1.55. The molecule has 0 bridgehead atoms. The molecule has 6 nitrogen and oxygen atoms in total. The van der Waals surface area contributed by atoms with Crippen molar-refractivity contribution < 1.29 is 14.3 Å². The average Bonchev–Trinajstić information content (AvgIpc) is 3.06. The number of rotatable bonds is 7. The van der Waals surface area contributed by atoms with Gasteiger partial charge in [-0.05, 0) is 19.3 Å². The monoisotopic (exact) mass is 311 g/mol. The molecular formula is C16H29N3O3. The van der Waals surface area contributed by atoms with E-state index >= 15 is 0 Å². The second kappa shape index (κ2) is 9.10. The van der Waals surface area contributed by atoms with Crippen LogP contribution in [0.25, 0.3) is 0 Å². The highest BCUT2D eigenvalue weighted by Gasteiger charge is 2.26. The van der Waals surface area contributed by atoms with Crippen molar-refractivity contribution in [2.75, 3.05) is 46.4 Å². The van der Waals surface area contributed by atoms with Gasteiger partial charge in [0.1, 0.15) is 0 Å². The molecule has 0 atom stereocenters. The van der Waals surface area contributed by atoms with Gasteiger partial charge in [-0.1, -0.05) is 12.8 Å². The topological polar surface area (TPSA) is 61.9 Å². The third-order valence-corrected chi connectivity index (χ3v) is 4.72. The summed E-state index contributed by atoms with van der Waals surface area (Å²) < 4.78 is 4.57. The van der Waals surface area contributed by atoms with Crippen LogP contribution in [0.4, 0.5) is 0 Å². The van der Waals surface area contributed by atoms with Crippen LogP contribution >= 0.6 is 0 Å². The largest absolute Gasteiger partial charge is 0.469 e. The van der Waals surface area contributed by atoms with E-state index in [-0.39, 0.29) is 11.9 Å². The van der Waals surface area contributed by atoms with E-state index in [1.54, 1.807) is 0 Å². The Morgan fingerprint density at radius 3 is 2.45 bits per heavy atom. The predicted octanol–water partition coefficient (Wildman–Crippen LogP) is 0.616. The van der Waals surface area contributed by atoms with Crippen molar-refractivity contribution in [3.63, 3.8) is 0 Å². The molecule has 1 aliphatic carbocycles. The molecule has 0 radical (unpaired) electrons. The zero-order valence-corrected chi connectivity index (χ0v) is 13.7. The third kappa shape index (κ3) is 5.57. The summed E-state index contributed by atoms with van der Waals surface area (Å²) in [6.45, 7) is 5.13. The van der Waals surface area contributed by atoms with Crippen molar-refractivity contribution >= 4 is 11.9 Å². The minimum absolute atomic E-state index is 0.0548. The highest BCUT2D eigenvalue weighted by atomic mass is 16.5. The smallest absolute Gasteiger partial charge is 0.305 e. The van der Waals surface area contributed by atoms with Gasteiger partial charge >= 0.3 is 5.97 Å². The van der Waals surface area contributed by atoms with E-state index in [2.05, 4.69) is 19.9 Å². The van der Waals surface area contributed by atoms with Crippen LogP contribution in [0, 0.1) is 0 Å². The number of carbonyl (C=O) groups excluding carboxylic acids is 2. The summed E-state index contributed by atoms with van der Waals surface area (Å²) in [7, 11) is 1.38. The Kier molecular flexibility index (Phi) is 7.12. The minimum atomic E-state index is -0.225. The van der Waals surface area contributed by atoms with Crippen molar-refractivity contribution in [3.05, 3.63) is 0 Å². The normalized spacial score (nSPS) is 21.0. The highest BCUT2D eigenvalue weighted by Crippen LogP contribution is 2.24. The number of hydrogen-bond acceptors (Lipinski definition) is 5. The molecule has 0 spiro atoms. The maximum absolute atomic E-state index is 11.9. The Bertz CT molecular complexity index is 362. The summed E-state index contributed by atoms with van der Waals surface area (Å²) >= 11 is 0. The van der Waals surface area contributed by atoms with Crippen LogP contribution in [0.3, 0.4) is 0 Å². The summed E-state index contributed by atoms with van der Waals surface area (Å²) in [5.41, 5.74) is 0. The van der Waals surface area contributed by atoms with E-state index in [1.807, 2.05) is 0 Å². The molecule has 2 rings (SSSR count). The molecule has 1 saturated heterocycles. The molecule has 2 aliphatic rings. The summed E-state index contributed by atoms with van der Waals surface area (Å²) in [6, 6.07) is 0.786. The second-order valence-corrected chi connectivity index (χ2v) is 6.28. The number of methoxy groups -OCH3 is 1. The first-order valence-corrected chi connectivity index (χ1v) is 8.49. The van der Waals surface area contributed by atoms with E-state index in [0.29, 0.717) is 25.9 Å². The quantitative estimate of drug-likeness (QED) is 0.551. The molecule has 1 heterocycles. The van der Waals surface area contributed by atoms with Crippen LogP contribution in [0.5, 0.6) is 0 Å². The Labute approximate surface area is 133 Å². The van der Waals surface area contributed by atoms with Crippen LogP contribution in [0.1, 0.15) is 38.5 Å². The predicted molar refractivity (Wildman–Crippen MR) is 84.5 cm³/mol. The number of amides is 1. The van der Waals surface area contributed by atoms with Gasteiger partial charge in [-0.25, -0.2) is 0 Å². The van der Waals surface area contributed by atoms with Gasteiger partial charge in [-0.2, -0.15) is 0 Å².